The largest absolute Gasteiger partial charge is 0.504 e. The molecule has 3 nitrogen and oxygen atoms in total. The lowest BCUT2D eigenvalue weighted by Crippen LogP contribution is -1.87. The summed E-state index contributed by atoms with van der Waals surface area (Å²) in [4.78, 5) is 3.49. The van der Waals surface area contributed by atoms with Crippen molar-refractivity contribution < 1.29 is 5.11 Å². The fraction of sp³-hybridized carbons (Fsp3) is 0. The molecule has 1 N–H and O–H groups in total. The molecule has 0 aliphatic rings. The van der Waals surface area contributed by atoms with Crippen molar-refractivity contribution >= 4 is 34.8 Å². The van der Waals surface area contributed by atoms with E-state index >= 15 is 0 Å². The number of aromatic hydroxyl groups is 1. The zero-order valence-corrected chi connectivity index (χ0v) is 7.74. The predicted molar refractivity (Wildman–Crippen MR) is 45.6 cm³/mol. The standard InChI is InChI=1S/C6HCl3N2O/c7-3-4(8)6(9)11-2(1-10)5(3)12/h12H. The van der Waals surface area contributed by atoms with Gasteiger partial charge in [0, 0.05) is 0 Å². The van der Waals surface area contributed by atoms with Gasteiger partial charge < -0.3 is 5.11 Å². The Bertz CT molecular complexity index is 372. The number of pyridine rings is 1. The number of hydrogen-bond acceptors (Lipinski definition) is 3. The molecule has 1 aromatic heterocycles. The smallest absolute Gasteiger partial charge is 0.185 e. The van der Waals surface area contributed by atoms with Gasteiger partial charge >= 0.3 is 0 Å². The summed E-state index contributed by atoms with van der Waals surface area (Å²) in [6.07, 6.45) is 0. The van der Waals surface area contributed by atoms with Crippen LogP contribution in [0.1, 0.15) is 5.69 Å². The van der Waals surface area contributed by atoms with E-state index in [-0.39, 0.29) is 20.9 Å². The van der Waals surface area contributed by atoms with E-state index in [0.717, 1.165) is 0 Å². The molecule has 0 aromatic carbocycles. The molecule has 0 bridgehead atoms. The number of rotatable bonds is 0. The predicted octanol–water partition coefficient (Wildman–Crippen LogP) is 2.62. The molecule has 0 saturated carbocycles. The van der Waals surface area contributed by atoms with Crippen molar-refractivity contribution in [2.24, 2.45) is 0 Å². The lowest BCUT2D eigenvalue weighted by Gasteiger charge is -2.01. The van der Waals surface area contributed by atoms with Crippen molar-refractivity contribution in [3.63, 3.8) is 0 Å². The average molecular weight is 223 g/mol. The van der Waals surface area contributed by atoms with Crippen molar-refractivity contribution in [3.8, 4) is 11.8 Å². The summed E-state index contributed by atoms with van der Waals surface area (Å²) in [5.74, 6) is -0.450. The van der Waals surface area contributed by atoms with E-state index in [4.69, 9.17) is 45.2 Å². The summed E-state index contributed by atoms with van der Waals surface area (Å²) in [6, 6.07) is 1.62. The lowest BCUT2D eigenvalue weighted by molar-refractivity contribution is 0.471. The highest BCUT2D eigenvalue weighted by molar-refractivity contribution is 6.48. The highest BCUT2D eigenvalue weighted by Crippen LogP contribution is 2.36. The maximum Gasteiger partial charge on any atom is 0.185 e. The van der Waals surface area contributed by atoms with E-state index in [9.17, 15) is 0 Å². The van der Waals surface area contributed by atoms with Crippen LogP contribution in [0.15, 0.2) is 0 Å². The van der Waals surface area contributed by atoms with Crippen LogP contribution in [0, 0.1) is 11.3 Å². The van der Waals surface area contributed by atoms with Crippen LogP contribution >= 0.6 is 34.8 Å². The minimum absolute atomic E-state index is 0.0603. The number of aromatic nitrogens is 1. The molecule has 0 saturated heterocycles. The average Bonchev–Trinajstić information content (AvgIpc) is 2.08. The summed E-state index contributed by atoms with van der Waals surface area (Å²) in [5.41, 5.74) is -0.241. The Hall–Kier alpha value is -0.690. The first-order valence-electron chi connectivity index (χ1n) is 2.71. The van der Waals surface area contributed by atoms with Crippen LogP contribution in [0.5, 0.6) is 5.75 Å². The van der Waals surface area contributed by atoms with Crippen LogP contribution in [0.4, 0.5) is 0 Å². The molecule has 0 atom stereocenters. The second-order valence-corrected chi connectivity index (χ2v) is 2.95. The number of nitrogens with zero attached hydrogens (tertiary/aromatic N) is 2. The topological polar surface area (TPSA) is 56.9 Å². The molecule has 1 heterocycles. The molecular weight excluding hydrogens is 222 g/mol. The SMILES string of the molecule is N#Cc1nc(Cl)c(Cl)c(Cl)c1O. The molecule has 0 aliphatic carbocycles. The first-order chi connectivity index (χ1) is 5.57. The molecule has 1 rings (SSSR count). The van der Waals surface area contributed by atoms with Gasteiger partial charge in [-0.05, 0) is 0 Å². The molecule has 0 aliphatic heterocycles. The zero-order valence-electron chi connectivity index (χ0n) is 5.48. The summed E-state index contributed by atoms with van der Waals surface area (Å²) < 4.78 is 0. The molecule has 0 unspecified atom stereocenters. The third-order valence-corrected chi connectivity index (χ3v) is 2.32. The third-order valence-electron chi connectivity index (χ3n) is 1.12. The first-order valence-corrected chi connectivity index (χ1v) is 3.85. The normalized spacial score (nSPS) is 9.50. The molecular formula is C6HCl3N2O. The van der Waals surface area contributed by atoms with Gasteiger partial charge in [0.05, 0.1) is 0 Å². The highest BCUT2D eigenvalue weighted by Gasteiger charge is 2.14. The summed E-state index contributed by atoms with van der Waals surface area (Å²) in [7, 11) is 0. The number of hydrogen-bond donors (Lipinski definition) is 1. The Morgan fingerprint density at radius 2 is 1.83 bits per heavy atom. The molecule has 1 aromatic rings. The first kappa shape index (κ1) is 9.40. The monoisotopic (exact) mass is 222 g/mol. The molecule has 0 spiro atoms. The minimum atomic E-state index is -0.450. The van der Waals surface area contributed by atoms with Gasteiger partial charge in [0.15, 0.2) is 16.6 Å². The van der Waals surface area contributed by atoms with Gasteiger partial charge in [0.25, 0.3) is 0 Å². The van der Waals surface area contributed by atoms with Crippen molar-refractivity contribution in [1.82, 2.24) is 4.98 Å². The van der Waals surface area contributed by atoms with E-state index in [1.807, 2.05) is 0 Å². The van der Waals surface area contributed by atoms with Crippen LogP contribution < -0.4 is 0 Å². The molecule has 0 amide bonds. The Balaban J connectivity index is 3.52. The van der Waals surface area contributed by atoms with Crippen LogP contribution in [0.25, 0.3) is 0 Å². The van der Waals surface area contributed by atoms with Crippen molar-refractivity contribution in [3.05, 3.63) is 20.9 Å². The second-order valence-electron chi connectivity index (χ2n) is 1.84. The van der Waals surface area contributed by atoms with Crippen LogP contribution in [0.2, 0.25) is 15.2 Å². The fourth-order valence-electron chi connectivity index (χ4n) is 0.577. The Morgan fingerprint density at radius 3 is 2.33 bits per heavy atom. The van der Waals surface area contributed by atoms with Crippen molar-refractivity contribution in [1.29, 1.82) is 5.26 Å². The van der Waals surface area contributed by atoms with Crippen molar-refractivity contribution in [2.45, 2.75) is 0 Å². The van der Waals surface area contributed by atoms with Gasteiger partial charge in [-0.1, -0.05) is 34.8 Å². The maximum absolute atomic E-state index is 9.14. The highest BCUT2D eigenvalue weighted by atomic mass is 35.5. The van der Waals surface area contributed by atoms with E-state index in [1.165, 1.54) is 0 Å². The molecule has 0 radical (unpaired) electrons. The minimum Gasteiger partial charge on any atom is -0.504 e. The maximum atomic E-state index is 9.14. The number of halogens is 3. The lowest BCUT2D eigenvalue weighted by atomic mass is 10.3. The van der Waals surface area contributed by atoms with Gasteiger partial charge in [-0.2, -0.15) is 5.26 Å². The summed E-state index contributed by atoms with van der Waals surface area (Å²) >= 11 is 16.5. The van der Waals surface area contributed by atoms with E-state index < -0.39 is 5.75 Å². The quantitative estimate of drug-likeness (QED) is 0.688. The molecule has 12 heavy (non-hydrogen) atoms. The second kappa shape index (κ2) is 3.36. The number of nitriles is 1. The zero-order chi connectivity index (χ0) is 9.30. The van der Waals surface area contributed by atoms with Gasteiger partial charge in [-0.3, -0.25) is 0 Å². The molecule has 6 heteroatoms. The van der Waals surface area contributed by atoms with Crippen LogP contribution in [-0.4, -0.2) is 10.1 Å². The van der Waals surface area contributed by atoms with E-state index in [2.05, 4.69) is 4.98 Å². The van der Waals surface area contributed by atoms with Crippen LogP contribution in [-0.2, 0) is 0 Å². The van der Waals surface area contributed by atoms with Crippen molar-refractivity contribution in [2.75, 3.05) is 0 Å². The fourth-order valence-corrected chi connectivity index (χ4v) is 1.11. The van der Waals surface area contributed by atoms with Gasteiger partial charge in [-0.15, -0.1) is 0 Å². The van der Waals surface area contributed by atoms with Gasteiger partial charge in [0.1, 0.15) is 16.1 Å². The Morgan fingerprint density at radius 1 is 1.25 bits per heavy atom. The van der Waals surface area contributed by atoms with E-state index in [0.29, 0.717) is 0 Å². The summed E-state index contributed by atoms with van der Waals surface area (Å²) in [5, 5.41) is 17.2. The van der Waals surface area contributed by atoms with Crippen LogP contribution in [0.3, 0.4) is 0 Å². The van der Waals surface area contributed by atoms with E-state index in [1.54, 1.807) is 6.07 Å². The Kier molecular flexibility index (Phi) is 2.63. The summed E-state index contributed by atoms with van der Waals surface area (Å²) in [6.45, 7) is 0. The van der Waals surface area contributed by atoms with Gasteiger partial charge in [-0.25, -0.2) is 4.98 Å². The van der Waals surface area contributed by atoms with Gasteiger partial charge in [0.2, 0.25) is 0 Å². The third kappa shape index (κ3) is 1.42. The molecule has 0 fully saturated rings. The molecule has 62 valence electrons. The Labute approximate surface area is 83.1 Å².